The van der Waals surface area contributed by atoms with E-state index in [9.17, 15) is 20.2 Å². The van der Waals surface area contributed by atoms with Crippen molar-refractivity contribution in [1.29, 1.82) is 0 Å². The van der Waals surface area contributed by atoms with Crippen LogP contribution >= 0.6 is 0 Å². The standard InChI is InChI=1S/C13H18N4O4/c1-14-9-2-4-10(5-3-9)15-12-7-6-11(16(18)19)8-13(12)17(20)21/h6-10,14-15H,2-5H2,1H3. The highest BCUT2D eigenvalue weighted by molar-refractivity contribution is 5.65. The number of nitro benzene ring substituents is 2. The fourth-order valence-electron chi connectivity index (χ4n) is 2.65. The van der Waals surface area contributed by atoms with Crippen molar-refractivity contribution in [2.24, 2.45) is 0 Å². The molecule has 0 aliphatic heterocycles. The largest absolute Gasteiger partial charge is 0.377 e. The van der Waals surface area contributed by atoms with Gasteiger partial charge in [-0.15, -0.1) is 0 Å². The molecular weight excluding hydrogens is 276 g/mol. The van der Waals surface area contributed by atoms with Crippen LogP contribution in [0.2, 0.25) is 0 Å². The van der Waals surface area contributed by atoms with E-state index in [2.05, 4.69) is 10.6 Å². The first-order valence-corrected chi connectivity index (χ1v) is 6.88. The van der Waals surface area contributed by atoms with E-state index in [0.29, 0.717) is 11.7 Å². The number of anilines is 1. The summed E-state index contributed by atoms with van der Waals surface area (Å²) in [5.41, 5.74) is -0.176. The first-order valence-electron chi connectivity index (χ1n) is 6.88. The van der Waals surface area contributed by atoms with Crippen LogP contribution in [0.15, 0.2) is 18.2 Å². The molecule has 0 heterocycles. The predicted molar refractivity (Wildman–Crippen MR) is 78.5 cm³/mol. The van der Waals surface area contributed by atoms with Gasteiger partial charge >= 0.3 is 0 Å². The van der Waals surface area contributed by atoms with E-state index < -0.39 is 9.85 Å². The molecule has 1 fully saturated rings. The van der Waals surface area contributed by atoms with Gasteiger partial charge in [-0.2, -0.15) is 0 Å². The van der Waals surface area contributed by atoms with Crippen molar-refractivity contribution in [1.82, 2.24) is 5.32 Å². The Hall–Kier alpha value is -2.22. The first kappa shape index (κ1) is 15.2. The minimum Gasteiger partial charge on any atom is -0.377 e. The van der Waals surface area contributed by atoms with E-state index in [4.69, 9.17) is 0 Å². The summed E-state index contributed by atoms with van der Waals surface area (Å²) in [7, 11) is 1.93. The number of hydrogen-bond acceptors (Lipinski definition) is 6. The molecular formula is C13H18N4O4. The fraction of sp³-hybridized carbons (Fsp3) is 0.538. The number of rotatable bonds is 5. The lowest BCUT2D eigenvalue weighted by molar-refractivity contribution is -0.393. The van der Waals surface area contributed by atoms with Crippen LogP contribution in [0, 0.1) is 20.2 Å². The predicted octanol–water partition coefficient (Wildman–Crippen LogP) is 2.45. The lowest BCUT2D eigenvalue weighted by atomic mass is 9.91. The molecule has 1 saturated carbocycles. The molecule has 0 aromatic heterocycles. The minimum atomic E-state index is -0.630. The Bertz CT molecular complexity index is 541. The molecule has 2 rings (SSSR count). The number of nitrogens with zero attached hydrogens (tertiary/aromatic N) is 2. The second-order valence-corrected chi connectivity index (χ2v) is 5.20. The van der Waals surface area contributed by atoms with E-state index in [-0.39, 0.29) is 17.4 Å². The molecule has 8 nitrogen and oxygen atoms in total. The number of hydrogen-bond donors (Lipinski definition) is 2. The number of nitro groups is 2. The van der Waals surface area contributed by atoms with Gasteiger partial charge in [0.05, 0.1) is 15.9 Å². The summed E-state index contributed by atoms with van der Waals surface area (Å²) in [4.78, 5) is 20.6. The maximum atomic E-state index is 11.1. The van der Waals surface area contributed by atoms with Gasteiger partial charge in [-0.3, -0.25) is 20.2 Å². The van der Waals surface area contributed by atoms with Gasteiger partial charge < -0.3 is 10.6 Å². The Kier molecular flexibility index (Phi) is 4.69. The van der Waals surface area contributed by atoms with E-state index in [1.165, 1.54) is 12.1 Å². The molecule has 1 aromatic carbocycles. The Morgan fingerprint density at radius 2 is 1.67 bits per heavy atom. The van der Waals surface area contributed by atoms with Crippen molar-refractivity contribution in [2.45, 2.75) is 37.8 Å². The maximum Gasteiger partial charge on any atom is 0.299 e. The Balaban J connectivity index is 2.13. The SMILES string of the molecule is CNC1CCC(Nc2ccc([N+](=O)[O-])cc2[N+](=O)[O-])CC1. The third kappa shape index (κ3) is 3.66. The number of non-ortho nitro benzene ring substituents is 1. The Labute approximate surface area is 121 Å². The molecule has 0 spiro atoms. The molecule has 0 radical (unpaired) electrons. The first-order chi connectivity index (χ1) is 10.0. The van der Waals surface area contributed by atoms with Crippen molar-refractivity contribution in [3.8, 4) is 0 Å². The Morgan fingerprint density at radius 3 is 2.19 bits per heavy atom. The third-order valence-electron chi connectivity index (χ3n) is 3.88. The zero-order valence-electron chi connectivity index (χ0n) is 11.7. The molecule has 114 valence electrons. The summed E-state index contributed by atoms with van der Waals surface area (Å²) in [6, 6.07) is 4.36. The molecule has 21 heavy (non-hydrogen) atoms. The quantitative estimate of drug-likeness (QED) is 0.637. The zero-order valence-corrected chi connectivity index (χ0v) is 11.7. The minimum absolute atomic E-state index is 0.162. The van der Waals surface area contributed by atoms with Crippen LogP contribution < -0.4 is 10.6 Å². The van der Waals surface area contributed by atoms with Crippen LogP contribution in [-0.4, -0.2) is 29.0 Å². The van der Waals surface area contributed by atoms with Gasteiger partial charge in [0.2, 0.25) is 0 Å². The highest BCUT2D eigenvalue weighted by Gasteiger charge is 2.24. The molecule has 1 aliphatic carbocycles. The van der Waals surface area contributed by atoms with Gasteiger partial charge in [-0.1, -0.05) is 0 Å². The van der Waals surface area contributed by atoms with E-state index in [1.54, 1.807) is 0 Å². The van der Waals surface area contributed by atoms with Gasteiger partial charge in [0.25, 0.3) is 11.4 Å². The van der Waals surface area contributed by atoms with Crippen molar-refractivity contribution in [3.63, 3.8) is 0 Å². The summed E-state index contributed by atoms with van der Waals surface area (Å²) >= 11 is 0. The molecule has 8 heteroatoms. The molecule has 0 saturated heterocycles. The molecule has 2 N–H and O–H groups in total. The van der Waals surface area contributed by atoms with Gasteiger partial charge in [-0.25, -0.2) is 0 Å². The summed E-state index contributed by atoms with van der Waals surface area (Å²) in [5.74, 6) is 0. The summed E-state index contributed by atoms with van der Waals surface area (Å²) in [5, 5.41) is 28.1. The van der Waals surface area contributed by atoms with E-state index >= 15 is 0 Å². The summed E-state index contributed by atoms with van der Waals surface area (Å²) in [6.07, 6.45) is 3.85. The van der Waals surface area contributed by atoms with Crippen molar-refractivity contribution < 1.29 is 9.85 Å². The second kappa shape index (κ2) is 6.49. The van der Waals surface area contributed by atoms with Crippen molar-refractivity contribution >= 4 is 17.1 Å². The van der Waals surface area contributed by atoms with E-state index in [1.807, 2.05) is 7.05 Å². The van der Waals surface area contributed by atoms with Gasteiger partial charge in [0.1, 0.15) is 5.69 Å². The molecule has 1 aromatic rings. The molecule has 0 bridgehead atoms. The second-order valence-electron chi connectivity index (χ2n) is 5.20. The average molecular weight is 294 g/mol. The average Bonchev–Trinajstić information content (AvgIpc) is 2.48. The van der Waals surface area contributed by atoms with Crippen LogP contribution in [0.25, 0.3) is 0 Å². The maximum absolute atomic E-state index is 11.1. The Morgan fingerprint density at radius 1 is 1.05 bits per heavy atom. The smallest absolute Gasteiger partial charge is 0.299 e. The van der Waals surface area contributed by atoms with Crippen LogP contribution in [0.3, 0.4) is 0 Å². The lowest BCUT2D eigenvalue weighted by Crippen LogP contribution is -2.35. The third-order valence-corrected chi connectivity index (χ3v) is 3.88. The monoisotopic (exact) mass is 294 g/mol. The van der Waals surface area contributed by atoms with Gasteiger partial charge in [-0.05, 0) is 38.8 Å². The van der Waals surface area contributed by atoms with Crippen LogP contribution in [0.1, 0.15) is 25.7 Å². The van der Waals surface area contributed by atoms with Crippen molar-refractivity contribution in [3.05, 3.63) is 38.4 Å². The normalized spacial score (nSPS) is 21.8. The van der Waals surface area contributed by atoms with Crippen molar-refractivity contribution in [2.75, 3.05) is 12.4 Å². The lowest BCUT2D eigenvalue weighted by Gasteiger charge is -2.29. The molecule has 0 amide bonds. The zero-order chi connectivity index (χ0) is 15.4. The van der Waals surface area contributed by atoms with Gasteiger partial charge in [0, 0.05) is 18.2 Å². The summed E-state index contributed by atoms with van der Waals surface area (Å²) in [6.45, 7) is 0. The number of benzene rings is 1. The van der Waals surface area contributed by atoms with Gasteiger partial charge in [0.15, 0.2) is 0 Å². The van der Waals surface area contributed by atoms with Crippen LogP contribution in [0.4, 0.5) is 17.1 Å². The molecule has 0 atom stereocenters. The molecule has 1 aliphatic rings. The highest BCUT2D eigenvalue weighted by Crippen LogP contribution is 2.31. The van der Waals surface area contributed by atoms with Crippen LogP contribution in [0.5, 0.6) is 0 Å². The van der Waals surface area contributed by atoms with Crippen LogP contribution in [-0.2, 0) is 0 Å². The highest BCUT2D eigenvalue weighted by atomic mass is 16.6. The summed E-state index contributed by atoms with van der Waals surface area (Å²) < 4.78 is 0. The molecule has 0 unspecified atom stereocenters. The topological polar surface area (TPSA) is 110 Å². The fourth-order valence-corrected chi connectivity index (χ4v) is 2.65. The van der Waals surface area contributed by atoms with E-state index in [0.717, 1.165) is 31.7 Å². The number of nitrogens with one attached hydrogen (secondary N) is 2.